The van der Waals surface area contributed by atoms with Gasteiger partial charge in [0, 0.05) is 47.4 Å². The van der Waals surface area contributed by atoms with Crippen LogP contribution in [0.5, 0.6) is 11.5 Å². The van der Waals surface area contributed by atoms with Gasteiger partial charge in [-0.15, -0.1) is 10.2 Å². The predicted octanol–water partition coefficient (Wildman–Crippen LogP) is 4.98. The molecule has 162 valence electrons. The number of hydrogen-bond acceptors (Lipinski definition) is 6. The standard InChI is InChI=1S/C19H15Br2F3N6O/c20-11-1-2-13-14(7-11)31-15-8-12(21)9-25-17(15)29(13)5-3-28-4-6-30-16(10-28)26-27-18(30)19(22,23)24/h1-2,7-9H,3-6,10H2. The van der Waals surface area contributed by atoms with Gasteiger partial charge >= 0.3 is 6.18 Å². The van der Waals surface area contributed by atoms with Crippen molar-refractivity contribution in [2.24, 2.45) is 0 Å². The average molecular weight is 560 g/mol. The van der Waals surface area contributed by atoms with Crippen molar-refractivity contribution in [2.75, 3.05) is 24.5 Å². The fraction of sp³-hybridized carbons (Fsp3) is 0.316. The Kier molecular flexibility index (Phi) is 5.18. The third-order valence-electron chi connectivity index (χ3n) is 5.21. The van der Waals surface area contributed by atoms with Crippen LogP contribution in [0.3, 0.4) is 0 Å². The van der Waals surface area contributed by atoms with Gasteiger partial charge in [-0.1, -0.05) is 15.9 Å². The highest BCUT2D eigenvalue weighted by molar-refractivity contribution is 9.10. The number of aromatic nitrogens is 4. The molecule has 4 heterocycles. The fourth-order valence-corrected chi connectivity index (χ4v) is 4.44. The van der Waals surface area contributed by atoms with Crippen LogP contribution in [0.25, 0.3) is 0 Å². The van der Waals surface area contributed by atoms with Crippen LogP contribution in [0.15, 0.2) is 39.4 Å². The quantitative estimate of drug-likeness (QED) is 0.451. The molecule has 0 radical (unpaired) electrons. The Balaban J connectivity index is 1.37. The van der Waals surface area contributed by atoms with E-state index in [1.807, 2.05) is 24.3 Å². The number of fused-ring (bicyclic) bond motifs is 3. The minimum atomic E-state index is -4.50. The molecule has 0 aliphatic carbocycles. The number of hydrogen-bond donors (Lipinski definition) is 0. The van der Waals surface area contributed by atoms with Crippen LogP contribution in [0, 0.1) is 0 Å². The average Bonchev–Trinajstić information content (AvgIpc) is 3.14. The third kappa shape index (κ3) is 3.92. The first-order chi connectivity index (χ1) is 14.8. The van der Waals surface area contributed by atoms with E-state index in [-0.39, 0.29) is 6.54 Å². The lowest BCUT2D eigenvalue weighted by molar-refractivity contribution is -0.148. The Morgan fingerprint density at radius 1 is 1.00 bits per heavy atom. The molecule has 0 spiro atoms. The van der Waals surface area contributed by atoms with Crippen molar-refractivity contribution in [3.63, 3.8) is 0 Å². The van der Waals surface area contributed by atoms with E-state index in [4.69, 9.17) is 4.74 Å². The van der Waals surface area contributed by atoms with Gasteiger partial charge in [-0.25, -0.2) is 4.98 Å². The topological polar surface area (TPSA) is 59.3 Å². The number of benzene rings is 1. The van der Waals surface area contributed by atoms with Crippen molar-refractivity contribution < 1.29 is 17.9 Å². The zero-order chi connectivity index (χ0) is 21.8. The Morgan fingerprint density at radius 3 is 2.61 bits per heavy atom. The molecule has 0 unspecified atom stereocenters. The summed E-state index contributed by atoms with van der Waals surface area (Å²) in [4.78, 5) is 8.65. The van der Waals surface area contributed by atoms with Crippen molar-refractivity contribution in [3.8, 4) is 11.5 Å². The van der Waals surface area contributed by atoms with E-state index in [9.17, 15) is 13.2 Å². The molecule has 1 aromatic carbocycles. The number of halogens is 5. The maximum atomic E-state index is 13.1. The maximum Gasteiger partial charge on any atom is 0.451 e. The van der Waals surface area contributed by atoms with Gasteiger partial charge in [0.2, 0.25) is 5.82 Å². The Bertz CT molecular complexity index is 1100. The molecule has 5 rings (SSSR count). The second-order valence-electron chi connectivity index (χ2n) is 7.21. The summed E-state index contributed by atoms with van der Waals surface area (Å²) in [5.74, 6) is 1.42. The summed E-state index contributed by atoms with van der Waals surface area (Å²) in [5, 5.41) is 7.10. The SMILES string of the molecule is FC(F)(F)c1nnc2n1CCN(CCN1c3ccc(Br)cc3Oc3cc(Br)cnc31)C2. The van der Waals surface area contributed by atoms with Gasteiger partial charge in [-0.2, -0.15) is 13.2 Å². The van der Waals surface area contributed by atoms with Gasteiger partial charge < -0.3 is 14.2 Å². The first-order valence-electron chi connectivity index (χ1n) is 9.42. The molecule has 2 aliphatic rings. The first-order valence-corrected chi connectivity index (χ1v) is 11.0. The first kappa shape index (κ1) is 20.7. The van der Waals surface area contributed by atoms with E-state index >= 15 is 0 Å². The summed E-state index contributed by atoms with van der Waals surface area (Å²) < 4.78 is 48.1. The van der Waals surface area contributed by atoms with Crippen LogP contribution in [-0.2, 0) is 19.3 Å². The van der Waals surface area contributed by atoms with Gasteiger partial charge in [-0.05, 0) is 34.1 Å². The molecule has 7 nitrogen and oxygen atoms in total. The summed E-state index contributed by atoms with van der Waals surface area (Å²) in [7, 11) is 0. The van der Waals surface area contributed by atoms with Crippen molar-refractivity contribution in [3.05, 3.63) is 51.1 Å². The van der Waals surface area contributed by atoms with Crippen LogP contribution in [0.4, 0.5) is 24.7 Å². The monoisotopic (exact) mass is 558 g/mol. The summed E-state index contributed by atoms with van der Waals surface area (Å²) >= 11 is 6.89. The van der Waals surface area contributed by atoms with E-state index < -0.39 is 12.0 Å². The fourth-order valence-electron chi connectivity index (χ4n) is 3.79. The molecule has 0 saturated heterocycles. The molecule has 0 atom stereocenters. The van der Waals surface area contributed by atoms with E-state index in [0.717, 1.165) is 19.2 Å². The number of ether oxygens (including phenoxy) is 1. The van der Waals surface area contributed by atoms with Crippen LogP contribution in [0.2, 0.25) is 0 Å². The Labute approximate surface area is 192 Å². The highest BCUT2D eigenvalue weighted by atomic mass is 79.9. The molecule has 0 amide bonds. The number of rotatable bonds is 3. The van der Waals surface area contributed by atoms with Gasteiger partial charge in [-0.3, -0.25) is 4.90 Å². The summed E-state index contributed by atoms with van der Waals surface area (Å²) in [6, 6.07) is 7.64. The molecule has 0 bridgehead atoms. The molecule has 0 saturated carbocycles. The van der Waals surface area contributed by atoms with Crippen LogP contribution < -0.4 is 9.64 Å². The maximum absolute atomic E-state index is 13.1. The van der Waals surface area contributed by atoms with Crippen LogP contribution >= 0.6 is 31.9 Å². The predicted molar refractivity (Wildman–Crippen MR) is 113 cm³/mol. The van der Waals surface area contributed by atoms with Crippen molar-refractivity contribution in [1.29, 1.82) is 0 Å². The Morgan fingerprint density at radius 2 is 1.81 bits per heavy atom. The van der Waals surface area contributed by atoms with Gasteiger partial charge in [0.05, 0.1) is 12.2 Å². The summed E-state index contributed by atoms with van der Waals surface area (Å²) in [6.07, 6.45) is -2.79. The van der Waals surface area contributed by atoms with Crippen molar-refractivity contribution >= 4 is 43.4 Å². The number of alkyl halides is 3. The lowest BCUT2D eigenvalue weighted by Gasteiger charge is -2.34. The van der Waals surface area contributed by atoms with E-state index in [0.29, 0.717) is 49.3 Å². The molecule has 12 heteroatoms. The molecular weight excluding hydrogens is 545 g/mol. The second-order valence-corrected chi connectivity index (χ2v) is 9.04. The highest BCUT2D eigenvalue weighted by Crippen LogP contribution is 2.46. The Hall–Kier alpha value is -2.18. The largest absolute Gasteiger partial charge is 0.451 e. The van der Waals surface area contributed by atoms with Crippen molar-refractivity contribution in [2.45, 2.75) is 19.3 Å². The molecule has 0 fully saturated rings. The van der Waals surface area contributed by atoms with Gasteiger partial charge in [0.25, 0.3) is 0 Å². The molecule has 3 aromatic rings. The summed E-state index contributed by atoms with van der Waals surface area (Å²) in [5.41, 5.74) is 0.880. The van der Waals surface area contributed by atoms with E-state index in [1.54, 1.807) is 6.20 Å². The lowest BCUT2D eigenvalue weighted by Crippen LogP contribution is -2.40. The normalized spacial score (nSPS) is 15.8. The molecule has 0 N–H and O–H groups in total. The number of anilines is 2. The van der Waals surface area contributed by atoms with Gasteiger partial charge in [0.15, 0.2) is 17.3 Å². The minimum absolute atomic E-state index is 0.200. The molecule has 2 aliphatic heterocycles. The second kappa shape index (κ2) is 7.75. The third-order valence-corrected chi connectivity index (χ3v) is 6.14. The lowest BCUT2D eigenvalue weighted by atomic mass is 10.2. The minimum Gasteiger partial charge on any atom is -0.451 e. The van der Waals surface area contributed by atoms with Crippen molar-refractivity contribution in [1.82, 2.24) is 24.6 Å². The van der Waals surface area contributed by atoms with Crippen LogP contribution in [-0.4, -0.2) is 44.3 Å². The molecule has 31 heavy (non-hydrogen) atoms. The zero-order valence-electron chi connectivity index (χ0n) is 15.9. The highest BCUT2D eigenvalue weighted by Gasteiger charge is 2.39. The summed E-state index contributed by atoms with van der Waals surface area (Å²) in [6.45, 7) is 2.18. The molecule has 2 aromatic heterocycles. The van der Waals surface area contributed by atoms with E-state index in [1.165, 1.54) is 0 Å². The smallest absolute Gasteiger partial charge is 0.451 e. The zero-order valence-corrected chi connectivity index (χ0v) is 19.1. The molecular formula is C19H15Br2F3N6O. The number of pyridine rings is 1. The van der Waals surface area contributed by atoms with Crippen LogP contribution in [0.1, 0.15) is 11.6 Å². The number of nitrogens with zero attached hydrogens (tertiary/aromatic N) is 6. The van der Waals surface area contributed by atoms with E-state index in [2.05, 4.69) is 56.8 Å². The van der Waals surface area contributed by atoms with Gasteiger partial charge in [0.1, 0.15) is 5.82 Å².